The average Bonchev–Trinajstić information content (AvgIpc) is 1.65. The van der Waals surface area contributed by atoms with Gasteiger partial charge >= 0.3 is 0 Å². The topological polar surface area (TPSA) is 40.9 Å². The van der Waals surface area contributed by atoms with E-state index in [1.165, 1.54) is 6.07 Å². The number of carbonyl (C=O) groups is 1. The van der Waals surface area contributed by atoms with E-state index >= 15 is 0 Å². The maximum atomic E-state index is 9.91. The third-order valence-corrected chi connectivity index (χ3v) is 1.33. The molecule has 0 rings (SSSR count). The lowest BCUT2D eigenvalue weighted by molar-refractivity contribution is -0.109. The zero-order valence-corrected chi connectivity index (χ0v) is 6.41. The zero-order chi connectivity index (χ0) is 7.49. The number of aldehydes is 1. The van der Waals surface area contributed by atoms with E-state index in [4.69, 9.17) is 40.1 Å². The molecule has 0 aromatic rings. The van der Waals surface area contributed by atoms with Crippen LogP contribution in [0.5, 0.6) is 0 Å². The van der Waals surface area contributed by atoms with E-state index in [1.807, 2.05) is 0 Å². The Morgan fingerprint density at radius 2 is 2.00 bits per heavy atom. The van der Waals surface area contributed by atoms with Gasteiger partial charge in [-0.05, 0) is 0 Å². The molecule has 0 aliphatic rings. The third-order valence-electron chi connectivity index (χ3n) is 0.628. The molecule has 0 fully saturated rings. The Bertz CT molecular complexity index is 145. The maximum Gasteiger partial charge on any atom is 0.212 e. The van der Waals surface area contributed by atoms with Gasteiger partial charge in [0.1, 0.15) is 12.2 Å². The largest absolute Gasteiger partial charge is 0.302 e. The lowest BCUT2D eigenvalue weighted by atomic mass is 10.2. The summed E-state index contributed by atoms with van der Waals surface area (Å²) >= 11 is 15.5. The predicted octanol–water partition coefficient (Wildman–Crippen LogP) is 1.70. The first-order valence-corrected chi connectivity index (χ1v) is 3.07. The molecule has 0 aromatic heterocycles. The fraction of sp³-hybridized carbons (Fsp3) is 0.500. The maximum absolute atomic E-state index is 9.91. The average molecular weight is 186 g/mol. The van der Waals surface area contributed by atoms with Gasteiger partial charge < -0.3 is 4.79 Å². The van der Waals surface area contributed by atoms with Gasteiger partial charge in [0.25, 0.3) is 0 Å². The van der Waals surface area contributed by atoms with Crippen LogP contribution in [0.3, 0.4) is 0 Å². The van der Waals surface area contributed by atoms with Crippen molar-refractivity contribution in [2.24, 2.45) is 5.92 Å². The van der Waals surface area contributed by atoms with Crippen molar-refractivity contribution in [3.63, 3.8) is 0 Å². The summed E-state index contributed by atoms with van der Waals surface area (Å²) in [5.41, 5.74) is 0. The zero-order valence-electron chi connectivity index (χ0n) is 4.14. The van der Waals surface area contributed by atoms with Crippen LogP contribution in [0.1, 0.15) is 0 Å². The van der Waals surface area contributed by atoms with E-state index in [1.54, 1.807) is 0 Å². The van der Waals surface area contributed by atoms with Gasteiger partial charge in [0, 0.05) is 0 Å². The molecule has 5 heteroatoms. The smallest absolute Gasteiger partial charge is 0.212 e. The van der Waals surface area contributed by atoms with Crippen LogP contribution in [0, 0.1) is 17.2 Å². The summed E-state index contributed by atoms with van der Waals surface area (Å²) < 4.78 is -1.80. The summed E-state index contributed by atoms with van der Waals surface area (Å²) in [6.45, 7) is 0. The first-order valence-electron chi connectivity index (χ1n) is 1.94. The molecule has 1 atom stereocenters. The summed E-state index contributed by atoms with van der Waals surface area (Å²) in [5.74, 6) is -1.18. The number of alkyl halides is 3. The minimum atomic E-state index is -1.80. The molecule has 2 nitrogen and oxygen atoms in total. The van der Waals surface area contributed by atoms with Gasteiger partial charge in [0.15, 0.2) is 0 Å². The highest BCUT2D eigenvalue weighted by Gasteiger charge is 2.32. The Balaban J connectivity index is 4.16. The molecule has 0 saturated carbocycles. The van der Waals surface area contributed by atoms with Crippen molar-refractivity contribution in [1.82, 2.24) is 0 Å². The van der Waals surface area contributed by atoms with Crippen LogP contribution in [0.4, 0.5) is 0 Å². The second-order valence-corrected chi connectivity index (χ2v) is 3.65. The molecule has 1 unspecified atom stereocenters. The molecule has 0 spiro atoms. The molecule has 0 aliphatic carbocycles. The second-order valence-electron chi connectivity index (χ2n) is 1.28. The van der Waals surface area contributed by atoms with Crippen molar-refractivity contribution in [3.8, 4) is 6.07 Å². The molecule has 0 heterocycles. The number of carbonyl (C=O) groups excluding carboxylic acids is 1. The van der Waals surface area contributed by atoms with E-state index < -0.39 is 9.71 Å². The van der Waals surface area contributed by atoms with Gasteiger partial charge in [-0.25, -0.2) is 0 Å². The van der Waals surface area contributed by atoms with Crippen molar-refractivity contribution < 1.29 is 4.79 Å². The van der Waals surface area contributed by atoms with Crippen LogP contribution in [-0.2, 0) is 4.79 Å². The highest BCUT2D eigenvalue weighted by molar-refractivity contribution is 6.68. The summed E-state index contributed by atoms with van der Waals surface area (Å²) in [7, 11) is 0. The van der Waals surface area contributed by atoms with Gasteiger partial charge in [-0.3, -0.25) is 0 Å². The molecule has 0 radical (unpaired) electrons. The van der Waals surface area contributed by atoms with Crippen molar-refractivity contribution in [3.05, 3.63) is 0 Å². The number of halogens is 3. The normalized spacial score (nSPS) is 14.0. The van der Waals surface area contributed by atoms with Crippen molar-refractivity contribution >= 4 is 41.1 Å². The van der Waals surface area contributed by atoms with Crippen molar-refractivity contribution in [2.75, 3.05) is 0 Å². The number of nitriles is 1. The van der Waals surface area contributed by atoms with Gasteiger partial charge in [-0.1, -0.05) is 34.8 Å². The first-order chi connectivity index (χ1) is 4.02. The Kier molecular flexibility index (Phi) is 3.27. The highest BCUT2D eigenvalue weighted by Crippen LogP contribution is 2.33. The number of nitrogens with zero attached hydrogens (tertiary/aromatic N) is 1. The molecule has 0 aliphatic heterocycles. The Morgan fingerprint density at radius 3 is 2.00 bits per heavy atom. The number of rotatable bonds is 1. The monoisotopic (exact) mass is 185 g/mol. The van der Waals surface area contributed by atoms with Gasteiger partial charge in [0.2, 0.25) is 3.79 Å². The van der Waals surface area contributed by atoms with E-state index in [9.17, 15) is 4.79 Å². The number of hydrogen-bond donors (Lipinski definition) is 0. The van der Waals surface area contributed by atoms with E-state index in [2.05, 4.69) is 0 Å². The molecule has 0 aromatic carbocycles. The summed E-state index contributed by atoms with van der Waals surface area (Å²) in [4.78, 5) is 9.91. The van der Waals surface area contributed by atoms with Gasteiger partial charge in [-0.2, -0.15) is 5.26 Å². The quantitative estimate of drug-likeness (QED) is 0.462. The summed E-state index contributed by atoms with van der Waals surface area (Å²) in [5, 5.41) is 8.13. The number of hydrogen-bond acceptors (Lipinski definition) is 2. The predicted molar refractivity (Wildman–Crippen MR) is 35.5 cm³/mol. The molecular weight excluding hydrogens is 184 g/mol. The minimum absolute atomic E-state index is 0.299. The molecule has 0 amide bonds. The minimum Gasteiger partial charge on any atom is -0.302 e. The van der Waals surface area contributed by atoms with Gasteiger partial charge in [-0.15, -0.1) is 0 Å². The van der Waals surface area contributed by atoms with Crippen molar-refractivity contribution in [2.45, 2.75) is 3.79 Å². The van der Waals surface area contributed by atoms with E-state index in [0.717, 1.165) is 0 Å². The molecule has 50 valence electrons. The standard InChI is InChI=1S/C4H2Cl3NO/c5-4(6,7)3(1-8)2-9/h2-3H. The van der Waals surface area contributed by atoms with Crippen LogP contribution in [0.15, 0.2) is 0 Å². The molecule has 0 N–H and O–H groups in total. The van der Waals surface area contributed by atoms with Crippen molar-refractivity contribution in [1.29, 1.82) is 5.26 Å². The Hall–Kier alpha value is 0.0300. The Labute approximate surface area is 67.3 Å². The summed E-state index contributed by atoms with van der Waals surface area (Å²) in [6, 6.07) is 1.53. The van der Waals surface area contributed by atoms with E-state index in [0.29, 0.717) is 6.29 Å². The Morgan fingerprint density at radius 1 is 1.56 bits per heavy atom. The molecule has 0 bridgehead atoms. The van der Waals surface area contributed by atoms with Crippen LogP contribution in [-0.4, -0.2) is 10.1 Å². The van der Waals surface area contributed by atoms with Crippen LogP contribution in [0.2, 0.25) is 0 Å². The first kappa shape index (κ1) is 9.03. The van der Waals surface area contributed by atoms with E-state index in [-0.39, 0.29) is 0 Å². The molecular formula is C4H2Cl3NO. The summed E-state index contributed by atoms with van der Waals surface area (Å²) in [6.07, 6.45) is 0.299. The van der Waals surface area contributed by atoms with Gasteiger partial charge in [0.05, 0.1) is 6.07 Å². The molecule has 0 saturated heterocycles. The fourth-order valence-corrected chi connectivity index (χ4v) is 0.481. The lowest BCUT2D eigenvalue weighted by Gasteiger charge is -2.09. The highest BCUT2D eigenvalue weighted by atomic mass is 35.6. The lowest BCUT2D eigenvalue weighted by Crippen LogP contribution is -2.18. The molecule has 9 heavy (non-hydrogen) atoms. The second kappa shape index (κ2) is 3.26. The van der Waals surface area contributed by atoms with Crippen LogP contribution >= 0.6 is 34.8 Å². The third kappa shape index (κ3) is 2.90. The van der Waals surface area contributed by atoms with Crippen LogP contribution < -0.4 is 0 Å². The SMILES string of the molecule is N#CC(C=O)C(Cl)(Cl)Cl. The van der Waals surface area contributed by atoms with Crippen LogP contribution in [0.25, 0.3) is 0 Å². The fourth-order valence-electron chi connectivity index (χ4n) is 0.181.